The third kappa shape index (κ3) is 5.37. The summed E-state index contributed by atoms with van der Waals surface area (Å²) < 4.78 is 4.65. The number of hydrogen-bond acceptors (Lipinski definition) is 4. The third-order valence-electron chi connectivity index (χ3n) is 1.08. The van der Waals surface area contributed by atoms with Gasteiger partial charge in [0.05, 0.1) is 0 Å². The highest BCUT2D eigenvalue weighted by Crippen LogP contribution is 1.95. The van der Waals surface area contributed by atoms with Gasteiger partial charge in [0.2, 0.25) is 0 Å². The standard InChI is InChI=1S/C7H12N2O2/c1-6(5-9)11-7(10)3-2-4-8/h6H,2-4,8H2,1H3. The van der Waals surface area contributed by atoms with Crippen LogP contribution < -0.4 is 5.73 Å². The molecule has 0 amide bonds. The van der Waals surface area contributed by atoms with Gasteiger partial charge < -0.3 is 10.5 Å². The summed E-state index contributed by atoms with van der Waals surface area (Å²) in [5.74, 6) is -0.357. The van der Waals surface area contributed by atoms with Crippen LogP contribution in [0.5, 0.6) is 0 Å². The first-order valence-corrected chi connectivity index (χ1v) is 3.50. The molecule has 11 heavy (non-hydrogen) atoms. The molecule has 2 N–H and O–H groups in total. The van der Waals surface area contributed by atoms with Crippen molar-refractivity contribution in [2.45, 2.75) is 25.9 Å². The average Bonchev–Trinajstić information content (AvgIpc) is 2.00. The van der Waals surface area contributed by atoms with Gasteiger partial charge >= 0.3 is 5.97 Å². The largest absolute Gasteiger partial charge is 0.447 e. The van der Waals surface area contributed by atoms with Crippen molar-refractivity contribution in [1.29, 1.82) is 5.26 Å². The number of esters is 1. The molecule has 0 aliphatic carbocycles. The number of nitrogens with two attached hydrogens (primary N) is 1. The molecule has 1 atom stereocenters. The molecule has 0 bridgehead atoms. The molecule has 0 aliphatic rings. The Hall–Kier alpha value is -1.08. The summed E-state index contributed by atoms with van der Waals surface area (Å²) in [4.78, 5) is 10.7. The number of carbonyl (C=O) groups is 1. The number of hydrogen-bond donors (Lipinski definition) is 1. The van der Waals surface area contributed by atoms with Crippen LogP contribution in [-0.4, -0.2) is 18.6 Å². The molecule has 0 aliphatic heterocycles. The molecule has 0 fully saturated rings. The van der Waals surface area contributed by atoms with Crippen LogP contribution in [0.25, 0.3) is 0 Å². The van der Waals surface area contributed by atoms with Crippen molar-refractivity contribution in [2.24, 2.45) is 5.73 Å². The number of nitriles is 1. The number of nitrogens with zero attached hydrogens (tertiary/aromatic N) is 1. The first kappa shape index (κ1) is 9.92. The third-order valence-corrected chi connectivity index (χ3v) is 1.08. The van der Waals surface area contributed by atoms with Gasteiger partial charge in [-0.25, -0.2) is 0 Å². The van der Waals surface area contributed by atoms with Crippen LogP contribution in [0, 0.1) is 11.3 Å². The van der Waals surface area contributed by atoms with Crippen LogP contribution in [0.4, 0.5) is 0 Å². The first-order valence-electron chi connectivity index (χ1n) is 3.50. The summed E-state index contributed by atoms with van der Waals surface area (Å²) in [6.07, 6.45) is 0.250. The summed E-state index contributed by atoms with van der Waals surface area (Å²) >= 11 is 0. The van der Waals surface area contributed by atoms with Gasteiger partial charge in [0.25, 0.3) is 0 Å². The van der Waals surface area contributed by atoms with Crippen LogP contribution in [0.3, 0.4) is 0 Å². The Morgan fingerprint density at radius 2 is 2.45 bits per heavy atom. The lowest BCUT2D eigenvalue weighted by molar-refractivity contribution is -0.145. The molecule has 0 aromatic carbocycles. The number of ether oxygens (including phenoxy) is 1. The van der Waals surface area contributed by atoms with E-state index in [1.165, 1.54) is 6.92 Å². The summed E-state index contributed by atoms with van der Waals surface area (Å²) in [7, 11) is 0. The van der Waals surface area contributed by atoms with Crippen LogP contribution in [0.1, 0.15) is 19.8 Å². The Kier molecular flexibility index (Phi) is 5.13. The van der Waals surface area contributed by atoms with Crippen LogP contribution in [-0.2, 0) is 9.53 Å². The van der Waals surface area contributed by atoms with E-state index in [0.717, 1.165) is 0 Å². The van der Waals surface area contributed by atoms with Crippen molar-refractivity contribution in [3.63, 3.8) is 0 Å². The van der Waals surface area contributed by atoms with E-state index in [9.17, 15) is 4.79 Å². The lowest BCUT2D eigenvalue weighted by atomic mass is 10.3. The first-order chi connectivity index (χ1) is 5.20. The van der Waals surface area contributed by atoms with Gasteiger partial charge in [-0.15, -0.1) is 0 Å². The zero-order valence-electron chi connectivity index (χ0n) is 6.54. The molecule has 0 rings (SSSR count). The molecule has 62 valence electrons. The minimum Gasteiger partial charge on any atom is -0.447 e. The van der Waals surface area contributed by atoms with E-state index in [4.69, 9.17) is 11.0 Å². The second-order valence-electron chi connectivity index (χ2n) is 2.15. The van der Waals surface area contributed by atoms with Crippen molar-refractivity contribution in [2.75, 3.05) is 6.54 Å². The van der Waals surface area contributed by atoms with E-state index in [-0.39, 0.29) is 5.97 Å². The predicted octanol–water partition coefficient (Wildman–Crippen LogP) is 0.181. The molecule has 4 heteroatoms. The van der Waals surface area contributed by atoms with E-state index >= 15 is 0 Å². The van der Waals surface area contributed by atoms with Crippen molar-refractivity contribution in [3.05, 3.63) is 0 Å². The zero-order valence-corrected chi connectivity index (χ0v) is 6.54. The fraction of sp³-hybridized carbons (Fsp3) is 0.714. The Bertz CT molecular complexity index is 162. The maximum absolute atomic E-state index is 10.7. The summed E-state index contributed by atoms with van der Waals surface area (Å²) in [6, 6.07) is 1.80. The van der Waals surface area contributed by atoms with E-state index in [2.05, 4.69) is 4.74 Å². The second kappa shape index (κ2) is 5.69. The minimum atomic E-state index is -0.653. The van der Waals surface area contributed by atoms with E-state index in [1.54, 1.807) is 6.07 Å². The van der Waals surface area contributed by atoms with Gasteiger partial charge in [-0.2, -0.15) is 5.26 Å². The fourth-order valence-corrected chi connectivity index (χ4v) is 0.529. The van der Waals surface area contributed by atoms with Crippen LogP contribution >= 0.6 is 0 Å². The predicted molar refractivity (Wildman–Crippen MR) is 39.5 cm³/mol. The van der Waals surface area contributed by atoms with Crippen molar-refractivity contribution in [3.8, 4) is 6.07 Å². The minimum absolute atomic E-state index is 0.294. The van der Waals surface area contributed by atoms with Gasteiger partial charge in [0.15, 0.2) is 6.10 Å². The molecule has 0 aromatic rings. The SMILES string of the molecule is CC(C#N)OC(=O)CCCN. The van der Waals surface area contributed by atoms with Gasteiger partial charge in [-0.3, -0.25) is 4.79 Å². The maximum Gasteiger partial charge on any atom is 0.307 e. The van der Waals surface area contributed by atoms with Crippen molar-refractivity contribution in [1.82, 2.24) is 0 Å². The lowest BCUT2D eigenvalue weighted by Gasteiger charge is -2.03. The molecular formula is C7H12N2O2. The lowest BCUT2D eigenvalue weighted by Crippen LogP contribution is -2.13. The van der Waals surface area contributed by atoms with Gasteiger partial charge in [-0.05, 0) is 19.9 Å². The van der Waals surface area contributed by atoms with Gasteiger partial charge in [0.1, 0.15) is 6.07 Å². The normalized spacial score (nSPS) is 11.7. The summed E-state index contributed by atoms with van der Waals surface area (Å²) in [5, 5.41) is 8.26. The molecule has 0 aromatic heterocycles. The Morgan fingerprint density at radius 1 is 1.82 bits per heavy atom. The van der Waals surface area contributed by atoms with E-state index < -0.39 is 6.10 Å². The van der Waals surface area contributed by atoms with Crippen molar-refractivity contribution < 1.29 is 9.53 Å². The quantitative estimate of drug-likeness (QED) is 0.589. The molecule has 0 heterocycles. The smallest absolute Gasteiger partial charge is 0.307 e. The number of rotatable bonds is 4. The highest BCUT2D eigenvalue weighted by Gasteiger charge is 2.06. The monoisotopic (exact) mass is 156 g/mol. The second-order valence-corrected chi connectivity index (χ2v) is 2.15. The molecule has 1 unspecified atom stereocenters. The van der Waals surface area contributed by atoms with E-state index in [0.29, 0.717) is 19.4 Å². The Labute approximate surface area is 65.9 Å². The van der Waals surface area contributed by atoms with Crippen LogP contribution in [0.15, 0.2) is 0 Å². The highest BCUT2D eigenvalue weighted by atomic mass is 16.5. The molecule has 0 spiro atoms. The van der Waals surface area contributed by atoms with E-state index in [1.807, 2.05) is 0 Å². The summed E-state index contributed by atoms with van der Waals surface area (Å²) in [5.41, 5.74) is 5.17. The van der Waals surface area contributed by atoms with Gasteiger partial charge in [-0.1, -0.05) is 0 Å². The fourth-order valence-electron chi connectivity index (χ4n) is 0.529. The number of carbonyl (C=O) groups excluding carboxylic acids is 1. The molecular weight excluding hydrogens is 144 g/mol. The maximum atomic E-state index is 10.7. The highest BCUT2D eigenvalue weighted by molar-refractivity contribution is 5.69. The van der Waals surface area contributed by atoms with Crippen molar-refractivity contribution >= 4 is 5.97 Å². The molecule has 0 saturated carbocycles. The molecule has 0 saturated heterocycles. The zero-order chi connectivity index (χ0) is 8.69. The molecule has 0 radical (unpaired) electrons. The Morgan fingerprint density at radius 3 is 2.91 bits per heavy atom. The average molecular weight is 156 g/mol. The van der Waals surface area contributed by atoms with Crippen LogP contribution in [0.2, 0.25) is 0 Å². The van der Waals surface area contributed by atoms with Gasteiger partial charge in [0, 0.05) is 6.42 Å². The topological polar surface area (TPSA) is 76.1 Å². The molecule has 4 nitrogen and oxygen atoms in total. The Balaban J connectivity index is 3.46. The summed E-state index contributed by atoms with van der Waals surface area (Å²) in [6.45, 7) is 2.00.